The molecule has 0 spiro atoms. The maximum absolute atomic E-state index is 13.3. The summed E-state index contributed by atoms with van der Waals surface area (Å²) in [6.45, 7) is 0.768. The monoisotopic (exact) mass is 466 g/mol. The molecule has 0 unspecified atom stereocenters. The van der Waals surface area contributed by atoms with Crippen LogP contribution in [0.3, 0.4) is 0 Å². The Morgan fingerprint density at radius 1 is 0.939 bits per heavy atom. The van der Waals surface area contributed by atoms with Gasteiger partial charge in [0.05, 0.1) is 25.3 Å². The molecule has 0 aliphatic rings. The molecule has 3 aromatic carbocycles. The fraction of sp³-hybridized carbons (Fsp3) is 0.200. The number of anilines is 1. The Morgan fingerprint density at radius 2 is 1.61 bits per heavy atom. The van der Waals surface area contributed by atoms with Gasteiger partial charge in [0, 0.05) is 42.0 Å². The number of nitrogens with zero attached hydrogens (tertiary/aromatic N) is 1. The van der Waals surface area contributed by atoms with Crippen molar-refractivity contribution in [2.45, 2.75) is 13.0 Å². The molecule has 0 aliphatic heterocycles. The van der Waals surface area contributed by atoms with E-state index in [1.807, 2.05) is 48.5 Å². The summed E-state index contributed by atoms with van der Waals surface area (Å²) in [6, 6.07) is 18.6. The number of fused-ring (bicyclic) bond motifs is 2. The number of methoxy groups -OCH3 is 2. The molecule has 4 rings (SSSR count). The Kier molecular flexibility index (Phi) is 7.58. The summed E-state index contributed by atoms with van der Waals surface area (Å²) >= 11 is 0. The summed E-state index contributed by atoms with van der Waals surface area (Å²) in [6.07, 6.45) is 0.220. The number of amides is 1. The molecule has 4 aromatic rings. The Morgan fingerprint density at radius 3 is 2.27 bits per heavy atom. The first-order chi connectivity index (χ1) is 15.5. The largest absolute Gasteiger partial charge is 1.00 e. The number of hydrogen-bond acceptors (Lipinski definition) is 5. The van der Waals surface area contributed by atoms with Gasteiger partial charge in [-0.05, 0) is 48.0 Å². The van der Waals surface area contributed by atoms with Crippen molar-refractivity contribution in [1.82, 2.24) is 4.57 Å². The molecule has 8 heteroatoms. The second-order valence-corrected chi connectivity index (χ2v) is 7.47. The van der Waals surface area contributed by atoms with Gasteiger partial charge in [-0.2, -0.15) is 0 Å². The zero-order chi connectivity index (χ0) is 22.7. The standard InChI is InChI=1S/C25H25N3O4.ClH/c1-31-18-11-16(12-19(14-18)32-2)15-28-22-6-4-3-5-20(22)25(30)21-13-17(7-8-23(21)28)27-24(29)9-10-26;/h3-8,11-14H,9-10,15,26H2,1-2H3,(H,27,29);1H/p-1. The van der Waals surface area contributed by atoms with Crippen LogP contribution in [0.5, 0.6) is 11.5 Å². The molecule has 3 N–H and O–H groups in total. The van der Waals surface area contributed by atoms with Crippen molar-refractivity contribution in [3.05, 3.63) is 76.5 Å². The highest BCUT2D eigenvalue weighted by atomic mass is 35.5. The number of rotatable bonds is 7. The van der Waals surface area contributed by atoms with Crippen molar-refractivity contribution < 1.29 is 26.7 Å². The van der Waals surface area contributed by atoms with Gasteiger partial charge in [-0.1, -0.05) is 12.1 Å². The molecule has 1 amide bonds. The Hall–Kier alpha value is -3.55. The van der Waals surface area contributed by atoms with Crippen LogP contribution in [0.15, 0.2) is 65.5 Å². The number of hydrogen-bond donors (Lipinski definition) is 2. The van der Waals surface area contributed by atoms with E-state index in [0.29, 0.717) is 34.5 Å². The van der Waals surface area contributed by atoms with E-state index in [0.717, 1.165) is 16.6 Å². The summed E-state index contributed by atoms with van der Waals surface area (Å²) in [4.78, 5) is 25.2. The van der Waals surface area contributed by atoms with Gasteiger partial charge in [-0.3, -0.25) is 9.59 Å². The minimum absolute atomic E-state index is 0. The lowest BCUT2D eigenvalue weighted by Gasteiger charge is -2.17. The number of carbonyl (C=O) groups is 1. The zero-order valence-corrected chi connectivity index (χ0v) is 19.2. The van der Waals surface area contributed by atoms with Crippen molar-refractivity contribution >= 4 is 33.4 Å². The van der Waals surface area contributed by atoms with Crippen LogP contribution in [0.4, 0.5) is 5.69 Å². The number of pyridine rings is 1. The number of aromatic nitrogens is 1. The number of para-hydroxylation sites is 1. The van der Waals surface area contributed by atoms with Crippen molar-refractivity contribution in [1.29, 1.82) is 0 Å². The Labute approximate surface area is 197 Å². The average Bonchev–Trinajstić information content (AvgIpc) is 2.81. The van der Waals surface area contributed by atoms with Crippen LogP contribution in [0.1, 0.15) is 12.0 Å². The SMILES string of the molecule is COc1cc(Cn2c3ccccc3c(=O)c3cc(NC(=O)CCN)ccc32)cc(OC)c1.[Cl-]. The third-order valence-electron chi connectivity index (χ3n) is 5.38. The highest BCUT2D eigenvalue weighted by Gasteiger charge is 2.13. The molecule has 0 saturated heterocycles. The van der Waals surface area contributed by atoms with Crippen molar-refractivity contribution in [2.75, 3.05) is 26.1 Å². The predicted molar refractivity (Wildman–Crippen MR) is 127 cm³/mol. The molecule has 0 fully saturated rings. The minimum atomic E-state index is -0.184. The number of benzene rings is 3. The zero-order valence-electron chi connectivity index (χ0n) is 18.4. The topological polar surface area (TPSA) is 95.6 Å². The first-order valence-electron chi connectivity index (χ1n) is 10.3. The molecule has 0 atom stereocenters. The maximum atomic E-state index is 13.3. The predicted octanol–water partition coefficient (Wildman–Crippen LogP) is 0.512. The number of nitrogens with one attached hydrogen (secondary N) is 1. The van der Waals surface area contributed by atoms with Crippen LogP contribution in [-0.4, -0.2) is 31.2 Å². The summed E-state index contributed by atoms with van der Waals surface area (Å²) in [5.41, 5.74) is 8.52. The molecule has 7 nitrogen and oxygen atoms in total. The van der Waals surface area contributed by atoms with Gasteiger partial charge in [-0.15, -0.1) is 0 Å². The molecule has 172 valence electrons. The van der Waals surface area contributed by atoms with E-state index in [-0.39, 0.29) is 36.7 Å². The third-order valence-corrected chi connectivity index (χ3v) is 5.38. The molecular weight excluding hydrogens is 442 g/mol. The van der Waals surface area contributed by atoms with Crippen LogP contribution in [0.25, 0.3) is 21.8 Å². The van der Waals surface area contributed by atoms with Gasteiger partial charge in [-0.25, -0.2) is 0 Å². The van der Waals surface area contributed by atoms with Gasteiger partial charge in [0.1, 0.15) is 11.5 Å². The molecule has 0 radical (unpaired) electrons. The first-order valence-corrected chi connectivity index (χ1v) is 10.3. The normalized spacial score (nSPS) is 10.6. The number of ether oxygens (including phenoxy) is 2. The van der Waals surface area contributed by atoms with Gasteiger partial charge in [0.15, 0.2) is 5.43 Å². The summed E-state index contributed by atoms with van der Waals surface area (Å²) in [5.74, 6) is 1.20. The van der Waals surface area contributed by atoms with Gasteiger partial charge in [0.25, 0.3) is 0 Å². The molecule has 1 aromatic heterocycles. The van der Waals surface area contributed by atoms with E-state index >= 15 is 0 Å². The third kappa shape index (κ3) is 4.94. The summed E-state index contributed by atoms with van der Waals surface area (Å²) < 4.78 is 12.9. The number of nitrogens with two attached hydrogens (primary N) is 1. The lowest BCUT2D eigenvalue weighted by molar-refractivity contribution is -0.116. The minimum Gasteiger partial charge on any atom is -1.00 e. The van der Waals surface area contributed by atoms with Crippen molar-refractivity contribution in [3.63, 3.8) is 0 Å². The highest BCUT2D eigenvalue weighted by Crippen LogP contribution is 2.27. The summed E-state index contributed by atoms with van der Waals surface area (Å²) in [7, 11) is 3.23. The second-order valence-electron chi connectivity index (χ2n) is 7.47. The second kappa shape index (κ2) is 10.4. The van der Waals surface area contributed by atoms with Crippen LogP contribution in [0.2, 0.25) is 0 Å². The van der Waals surface area contributed by atoms with Crippen LogP contribution >= 0.6 is 0 Å². The Balaban J connectivity index is 0.00000306. The maximum Gasteiger partial charge on any atom is 0.225 e. The molecule has 0 saturated carbocycles. The molecule has 0 aliphatic carbocycles. The first kappa shape index (κ1) is 24.1. The molecule has 1 heterocycles. The smallest absolute Gasteiger partial charge is 0.225 e. The quantitative estimate of drug-likeness (QED) is 0.387. The van der Waals surface area contributed by atoms with E-state index in [2.05, 4.69) is 9.88 Å². The average molecular weight is 467 g/mol. The van der Waals surface area contributed by atoms with Gasteiger partial charge in [0.2, 0.25) is 5.91 Å². The lowest BCUT2D eigenvalue weighted by Crippen LogP contribution is -3.00. The van der Waals surface area contributed by atoms with Crippen molar-refractivity contribution in [2.24, 2.45) is 5.73 Å². The van der Waals surface area contributed by atoms with E-state index < -0.39 is 0 Å². The fourth-order valence-corrected chi connectivity index (χ4v) is 3.87. The van der Waals surface area contributed by atoms with E-state index in [9.17, 15) is 9.59 Å². The Bertz CT molecular complexity index is 1350. The lowest BCUT2D eigenvalue weighted by atomic mass is 10.1. The van der Waals surface area contributed by atoms with E-state index in [4.69, 9.17) is 15.2 Å². The number of halogens is 1. The van der Waals surface area contributed by atoms with Crippen molar-refractivity contribution in [3.8, 4) is 11.5 Å². The summed E-state index contributed by atoms with van der Waals surface area (Å²) in [5, 5.41) is 3.95. The number of carbonyl (C=O) groups excluding carboxylic acids is 1. The molecule has 0 bridgehead atoms. The highest BCUT2D eigenvalue weighted by molar-refractivity contribution is 5.97. The van der Waals surface area contributed by atoms with Crippen LogP contribution < -0.4 is 38.4 Å². The molecular formula is C25H25ClN3O4-. The fourth-order valence-electron chi connectivity index (χ4n) is 3.87. The van der Waals surface area contributed by atoms with E-state index in [1.165, 1.54) is 0 Å². The van der Waals surface area contributed by atoms with E-state index in [1.54, 1.807) is 26.4 Å². The van der Waals surface area contributed by atoms with Crippen LogP contribution in [0, 0.1) is 0 Å². The van der Waals surface area contributed by atoms with Crippen LogP contribution in [-0.2, 0) is 11.3 Å². The van der Waals surface area contributed by atoms with Gasteiger partial charge < -0.3 is 37.5 Å². The van der Waals surface area contributed by atoms with Gasteiger partial charge >= 0.3 is 0 Å². The molecule has 33 heavy (non-hydrogen) atoms.